The monoisotopic (exact) mass is 318 g/mol. The van der Waals surface area contributed by atoms with Crippen molar-refractivity contribution >= 4 is 5.91 Å². The molecule has 0 saturated carbocycles. The number of rotatable bonds is 6. The Morgan fingerprint density at radius 1 is 1.26 bits per heavy atom. The summed E-state index contributed by atoms with van der Waals surface area (Å²) < 4.78 is 19.3. The lowest BCUT2D eigenvalue weighted by Gasteiger charge is -2.27. The third-order valence-corrected chi connectivity index (χ3v) is 3.69. The highest BCUT2D eigenvalue weighted by molar-refractivity contribution is 5.86. The average Bonchev–Trinajstić information content (AvgIpc) is 2.59. The molecule has 2 rings (SSSR count). The molecule has 0 radical (unpaired) electrons. The first-order valence-electron chi connectivity index (χ1n) is 7.15. The highest BCUT2D eigenvalue weighted by atomic mass is 19.1. The van der Waals surface area contributed by atoms with Gasteiger partial charge in [-0.25, -0.2) is 4.39 Å². The van der Waals surface area contributed by atoms with Gasteiger partial charge >= 0.3 is 0 Å². The van der Waals surface area contributed by atoms with Crippen LogP contribution in [0.2, 0.25) is 0 Å². The van der Waals surface area contributed by atoms with Gasteiger partial charge in [0.05, 0.1) is 24.5 Å². The Morgan fingerprint density at radius 3 is 2.61 bits per heavy atom. The van der Waals surface area contributed by atoms with Crippen molar-refractivity contribution in [2.45, 2.75) is 25.7 Å². The number of aliphatic hydroxyl groups is 1. The molecule has 6 heteroatoms. The summed E-state index contributed by atoms with van der Waals surface area (Å²) in [6.45, 7) is 1.49. The van der Waals surface area contributed by atoms with Gasteiger partial charge in [0.2, 0.25) is 0 Å². The van der Waals surface area contributed by atoms with Crippen molar-refractivity contribution in [3.05, 3.63) is 65.2 Å². The number of carbonyl (C=O) groups excluding carboxylic acids is 1. The molecule has 2 aromatic rings. The molecule has 0 bridgehead atoms. The lowest BCUT2D eigenvalue weighted by atomic mass is 9.94. The third kappa shape index (κ3) is 3.72. The van der Waals surface area contributed by atoms with Gasteiger partial charge in [0, 0.05) is 12.7 Å². The first-order chi connectivity index (χ1) is 11.0. The molecule has 122 valence electrons. The van der Waals surface area contributed by atoms with Gasteiger partial charge in [-0.15, -0.1) is 0 Å². The van der Waals surface area contributed by atoms with Gasteiger partial charge < -0.3 is 15.2 Å². The molecule has 23 heavy (non-hydrogen) atoms. The summed E-state index contributed by atoms with van der Waals surface area (Å²) in [4.78, 5) is 16.7. The van der Waals surface area contributed by atoms with Gasteiger partial charge in [0.15, 0.2) is 5.60 Å². The molecule has 1 aromatic heterocycles. The van der Waals surface area contributed by atoms with Crippen LogP contribution in [-0.2, 0) is 28.3 Å². The average molecular weight is 318 g/mol. The van der Waals surface area contributed by atoms with Crippen molar-refractivity contribution in [2.24, 2.45) is 0 Å². The largest absolute Gasteiger partial charge is 0.390 e. The Labute approximate surface area is 134 Å². The Morgan fingerprint density at radius 2 is 1.96 bits per heavy atom. The van der Waals surface area contributed by atoms with E-state index in [1.54, 1.807) is 30.3 Å². The third-order valence-electron chi connectivity index (χ3n) is 3.69. The second kappa shape index (κ2) is 7.30. The van der Waals surface area contributed by atoms with Crippen LogP contribution >= 0.6 is 0 Å². The van der Waals surface area contributed by atoms with Crippen molar-refractivity contribution in [3.63, 3.8) is 0 Å². The molecule has 1 atom stereocenters. The maximum absolute atomic E-state index is 14.0. The van der Waals surface area contributed by atoms with E-state index >= 15 is 0 Å². The summed E-state index contributed by atoms with van der Waals surface area (Å²) in [5, 5.41) is 11.8. The molecule has 0 saturated heterocycles. The van der Waals surface area contributed by atoms with Crippen molar-refractivity contribution in [1.29, 1.82) is 0 Å². The van der Waals surface area contributed by atoms with E-state index in [0.717, 1.165) is 0 Å². The molecule has 0 aliphatic heterocycles. The van der Waals surface area contributed by atoms with E-state index in [0.29, 0.717) is 11.4 Å². The SMILES string of the molecule is CO[C@@](C)(C(=O)NCc1cccc(CO)n1)c1ccccc1F. The minimum Gasteiger partial charge on any atom is -0.390 e. The minimum atomic E-state index is -1.44. The van der Waals surface area contributed by atoms with Crippen LogP contribution in [0.4, 0.5) is 4.39 Å². The van der Waals surface area contributed by atoms with Crippen LogP contribution in [0.15, 0.2) is 42.5 Å². The second-order valence-corrected chi connectivity index (χ2v) is 5.18. The molecule has 1 amide bonds. The fourth-order valence-electron chi connectivity index (χ4n) is 2.23. The fourth-order valence-corrected chi connectivity index (χ4v) is 2.23. The first-order valence-corrected chi connectivity index (χ1v) is 7.15. The lowest BCUT2D eigenvalue weighted by Crippen LogP contribution is -2.44. The number of ether oxygens (including phenoxy) is 1. The maximum atomic E-state index is 14.0. The number of methoxy groups -OCH3 is 1. The van der Waals surface area contributed by atoms with Crippen LogP contribution in [0.5, 0.6) is 0 Å². The highest BCUT2D eigenvalue weighted by Gasteiger charge is 2.37. The van der Waals surface area contributed by atoms with Gasteiger partial charge in [0.1, 0.15) is 5.82 Å². The van der Waals surface area contributed by atoms with E-state index in [2.05, 4.69) is 10.3 Å². The van der Waals surface area contributed by atoms with Crippen LogP contribution in [0, 0.1) is 5.82 Å². The smallest absolute Gasteiger partial charge is 0.257 e. The number of nitrogens with zero attached hydrogens (tertiary/aromatic N) is 1. The number of hydrogen-bond acceptors (Lipinski definition) is 4. The van der Waals surface area contributed by atoms with Crippen LogP contribution in [0.3, 0.4) is 0 Å². The maximum Gasteiger partial charge on any atom is 0.257 e. The topological polar surface area (TPSA) is 71.5 Å². The normalized spacial score (nSPS) is 13.4. The second-order valence-electron chi connectivity index (χ2n) is 5.18. The van der Waals surface area contributed by atoms with Crippen molar-refractivity contribution in [2.75, 3.05) is 7.11 Å². The van der Waals surface area contributed by atoms with Gasteiger partial charge in [-0.1, -0.05) is 24.3 Å². The Bertz CT molecular complexity index is 693. The fraction of sp³-hybridized carbons (Fsp3) is 0.294. The Hall–Kier alpha value is -2.31. The van der Waals surface area contributed by atoms with Gasteiger partial charge in [-0.05, 0) is 25.1 Å². The zero-order valence-corrected chi connectivity index (χ0v) is 13.0. The number of aromatic nitrogens is 1. The number of pyridine rings is 1. The number of amides is 1. The number of halogens is 1. The summed E-state index contributed by atoms with van der Waals surface area (Å²) in [7, 11) is 1.36. The van der Waals surface area contributed by atoms with Crippen LogP contribution in [0.25, 0.3) is 0 Å². The van der Waals surface area contributed by atoms with E-state index in [1.165, 1.54) is 26.2 Å². The zero-order valence-electron chi connectivity index (χ0n) is 13.0. The summed E-state index contributed by atoms with van der Waals surface area (Å²) in [6, 6.07) is 11.2. The van der Waals surface area contributed by atoms with Crippen LogP contribution in [-0.4, -0.2) is 23.1 Å². The number of aliphatic hydroxyl groups excluding tert-OH is 1. The molecule has 1 heterocycles. The molecular weight excluding hydrogens is 299 g/mol. The lowest BCUT2D eigenvalue weighted by molar-refractivity contribution is -0.143. The predicted octanol–water partition coefficient (Wildman–Crippen LogP) is 1.89. The van der Waals surface area contributed by atoms with E-state index < -0.39 is 17.3 Å². The molecule has 1 aromatic carbocycles. The summed E-state index contributed by atoms with van der Waals surface area (Å²) in [5.41, 5.74) is -0.172. The van der Waals surface area contributed by atoms with Crippen molar-refractivity contribution in [3.8, 4) is 0 Å². The number of benzene rings is 1. The van der Waals surface area contributed by atoms with E-state index in [9.17, 15) is 9.18 Å². The van der Waals surface area contributed by atoms with Crippen LogP contribution < -0.4 is 5.32 Å². The van der Waals surface area contributed by atoms with Crippen LogP contribution in [0.1, 0.15) is 23.9 Å². The zero-order chi connectivity index (χ0) is 16.9. The summed E-state index contributed by atoms with van der Waals surface area (Å²) in [6.07, 6.45) is 0. The summed E-state index contributed by atoms with van der Waals surface area (Å²) >= 11 is 0. The van der Waals surface area contributed by atoms with Gasteiger partial charge in [-0.3, -0.25) is 9.78 Å². The Balaban J connectivity index is 2.15. The number of hydrogen-bond donors (Lipinski definition) is 2. The molecule has 2 N–H and O–H groups in total. The van der Waals surface area contributed by atoms with E-state index in [4.69, 9.17) is 9.84 Å². The molecular formula is C17H19FN2O3. The predicted molar refractivity (Wildman–Crippen MR) is 82.8 cm³/mol. The van der Waals surface area contributed by atoms with Gasteiger partial charge in [-0.2, -0.15) is 0 Å². The van der Waals surface area contributed by atoms with Crippen molar-refractivity contribution in [1.82, 2.24) is 10.3 Å². The number of nitrogens with one attached hydrogen (secondary N) is 1. The molecule has 0 aliphatic rings. The molecule has 0 spiro atoms. The van der Waals surface area contributed by atoms with E-state index in [1.807, 2.05) is 0 Å². The molecule has 0 fully saturated rings. The molecule has 5 nitrogen and oxygen atoms in total. The standard InChI is InChI=1S/C17H19FN2O3/c1-17(23-2,14-8-3-4-9-15(14)18)16(22)19-10-12-6-5-7-13(11-21)20-12/h3-9,21H,10-11H2,1-2H3,(H,19,22)/t17-/m1/s1. The molecule has 0 unspecified atom stereocenters. The first kappa shape index (κ1) is 17.1. The molecule has 0 aliphatic carbocycles. The number of carbonyl (C=O) groups is 1. The summed E-state index contributed by atoms with van der Waals surface area (Å²) in [5.74, 6) is -0.978. The van der Waals surface area contributed by atoms with Crippen molar-refractivity contribution < 1.29 is 19.0 Å². The Kier molecular flexibility index (Phi) is 5.41. The highest BCUT2D eigenvalue weighted by Crippen LogP contribution is 2.27. The quantitative estimate of drug-likeness (QED) is 0.853. The van der Waals surface area contributed by atoms with Gasteiger partial charge in [0.25, 0.3) is 5.91 Å². The van der Waals surface area contributed by atoms with E-state index in [-0.39, 0.29) is 18.7 Å². The minimum absolute atomic E-state index is 0.153.